The van der Waals surface area contributed by atoms with E-state index in [9.17, 15) is 31.1 Å². The van der Waals surface area contributed by atoms with E-state index in [-0.39, 0.29) is 17.5 Å². The number of hydrogen-bond donors (Lipinski definition) is 2. The number of amides is 2. The molecular formula is C21H14F6N6O. The minimum absolute atomic E-state index is 0.0730. The van der Waals surface area contributed by atoms with Crippen molar-refractivity contribution in [3.63, 3.8) is 0 Å². The number of nitrogens with zero attached hydrogens (tertiary/aromatic N) is 4. The monoisotopic (exact) mass is 480 g/mol. The lowest BCUT2D eigenvalue weighted by Crippen LogP contribution is -2.32. The molecule has 13 heteroatoms. The van der Waals surface area contributed by atoms with Crippen molar-refractivity contribution in [1.82, 2.24) is 20.3 Å². The Hall–Kier alpha value is -4.21. The number of nitrogens with one attached hydrogen (secondary N) is 2. The van der Waals surface area contributed by atoms with Crippen LogP contribution in [0.15, 0.2) is 48.9 Å². The average Bonchev–Trinajstić information content (AvgIpc) is 2.78. The minimum Gasteiger partial charge on any atom is -0.330 e. The van der Waals surface area contributed by atoms with Gasteiger partial charge in [0.1, 0.15) is 11.8 Å². The molecule has 3 rings (SSSR count). The van der Waals surface area contributed by atoms with Crippen molar-refractivity contribution in [3.8, 4) is 17.5 Å². The normalized spacial score (nSPS) is 12.5. The molecule has 2 aromatic heterocycles. The van der Waals surface area contributed by atoms with E-state index in [1.165, 1.54) is 37.6 Å². The molecule has 2 N–H and O–H groups in total. The van der Waals surface area contributed by atoms with Crippen molar-refractivity contribution in [1.29, 1.82) is 5.26 Å². The van der Waals surface area contributed by atoms with Gasteiger partial charge in [0.15, 0.2) is 0 Å². The fraction of sp³-hybridized carbons (Fsp3) is 0.190. The fourth-order valence-electron chi connectivity index (χ4n) is 2.95. The van der Waals surface area contributed by atoms with Crippen LogP contribution in [0.1, 0.15) is 35.3 Å². The number of aromatic nitrogens is 3. The highest BCUT2D eigenvalue weighted by molar-refractivity contribution is 5.90. The molecule has 1 atom stereocenters. The van der Waals surface area contributed by atoms with Crippen molar-refractivity contribution < 1.29 is 31.1 Å². The van der Waals surface area contributed by atoms with Gasteiger partial charge >= 0.3 is 18.4 Å². The SMILES string of the molecule is C[C@H](NC(=O)Nc1ccc(C(F)(F)F)cc1C(F)(F)F)c1nccnc1-c1ccc(C#N)cn1. The van der Waals surface area contributed by atoms with Gasteiger partial charge in [-0.2, -0.15) is 31.6 Å². The Morgan fingerprint density at radius 3 is 2.29 bits per heavy atom. The zero-order chi connectivity index (χ0) is 25.1. The Morgan fingerprint density at radius 1 is 1.00 bits per heavy atom. The van der Waals surface area contributed by atoms with E-state index in [2.05, 4.69) is 20.3 Å². The van der Waals surface area contributed by atoms with Crippen LogP contribution in [0.3, 0.4) is 0 Å². The van der Waals surface area contributed by atoms with E-state index in [0.717, 1.165) is 0 Å². The zero-order valence-electron chi connectivity index (χ0n) is 17.2. The summed E-state index contributed by atoms with van der Waals surface area (Å²) in [4.78, 5) is 24.8. The quantitative estimate of drug-likeness (QED) is 0.492. The summed E-state index contributed by atoms with van der Waals surface area (Å²) in [5.41, 5.74) is -2.89. The Morgan fingerprint density at radius 2 is 1.71 bits per heavy atom. The maximum Gasteiger partial charge on any atom is 0.418 e. The van der Waals surface area contributed by atoms with Crippen LogP contribution in [-0.4, -0.2) is 21.0 Å². The number of nitriles is 1. The summed E-state index contributed by atoms with van der Waals surface area (Å²) < 4.78 is 78.4. The molecule has 0 unspecified atom stereocenters. The van der Waals surface area contributed by atoms with Gasteiger partial charge in [-0.1, -0.05) is 0 Å². The minimum atomic E-state index is -5.14. The Balaban J connectivity index is 1.83. The van der Waals surface area contributed by atoms with Gasteiger partial charge in [-0.15, -0.1) is 0 Å². The number of pyridine rings is 1. The third kappa shape index (κ3) is 5.58. The van der Waals surface area contributed by atoms with Crippen molar-refractivity contribution in [2.24, 2.45) is 0 Å². The number of urea groups is 1. The summed E-state index contributed by atoms with van der Waals surface area (Å²) in [5.74, 6) is 0. The molecule has 0 aliphatic carbocycles. The highest BCUT2D eigenvalue weighted by atomic mass is 19.4. The molecule has 0 spiro atoms. The lowest BCUT2D eigenvalue weighted by Gasteiger charge is -2.19. The average molecular weight is 480 g/mol. The lowest BCUT2D eigenvalue weighted by atomic mass is 10.1. The van der Waals surface area contributed by atoms with Crippen molar-refractivity contribution >= 4 is 11.7 Å². The van der Waals surface area contributed by atoms with E-state index >= 15 is 0 Å². The summed E-state index contributed by atoms with van der Waals surface area (Å²) in [6.45, 7) is 1.48. The van der Waals surface area contributed by atoms with Crippen LogP contribution in [-0.2, 0) is 12.4 Å². The molecule has 34 heavy (non-hydrogen) atoms. The number of hydrogen-bond acceptors (Lipinski definition) is 5. The topological polar surface area (TPSA) is 104 Å². The van der Waals surface area contributed by atoms with E-state index in [0.29, 0.717) is 23.4 Å². The van der Waals surface area contributed by atoms with Crippen molar-refractivity contribution in [2.45, 2.75) is 25.3 Å². The van der Waals surface area contributed by atoms with Gasteiger partial charge < -0.3 is 10.6 Å². The van der Waals surface area contributed by atoms with Crippen LogP contribution in [0.25, 0.3) is 11.4 Å². The second kappa shape index (κ2) is 9.34. The van der Waals surface area contributed by atoms with Crippen LogP contribution in [0.4, 0.5) is 36.8 Å². The summed E-state index contributed by atoms with van der Waals surface area (Å²) in [5, 5.41) is 13.2. The first kappa shape index (κ1) is 24.4. The molecule has 0 saturated heterocycles. The smallest absolute Gasteiger partial charge is 0.330 e. The van der Waals surface area contributed by atoms with Gasteiger partial charge in [-0.3, -0.25) is 15.0 Å². The molecule has 7 nitrogen and oxygen atoms in total. The number of halogens is 6. The lowest BCUT2D eigenvalue weighted by molar-refractivity contribution is -0.142. The molecule has 0 aliphatic rings. The van der Waals surface area contributed by atoms with Crippen LogP contribution >= 0.6 is 0 Å². The molecule has 0 aliphatic heterocycles. The largest absolute Gasteiger partial charge is 0.418 e. The van der Waals surface area contributed by atoms with E-state index < -0.39 is 41.2 Å². The summed E-state index contributed by atoms with van der Waals surface area (Å²) in [6.07, 6.45) is -6.13. The number of rotatable bonds is 4. The van der Waals surface area contributed by atoms with Crippen LogP contribution in [0.2, 0.25) is 0 Å². The number of anilines is 1. The molecule has 2 amide bonds. The van der Waals surface area contributed by atoms with Crippen LogP contribution in [0, 0.1) is 11.3 Å². The second-order valence-corrected chi connectivity index (χ2v) is 6.91. The molecular weight excluding hydrogens is 466 g/mol. The molecule has 0 saturated carbocycles. The summed E-state index contributed by atoms with van der Waals surface area (Å²) in [7, 11) is 0. The van der Waals surface area contributed by atoms with E-state index in [1.807, 2.05) is 11.4 Å². The molecule has 3 aromatic rings. The van der Waals surface area contributed by atoms with Gasteiger partial charge in [-0.25, -0.2) is 4.79 Å². The first-order valence-corrected chi connectivity index (χ1v) is 9.43. The highest BCUT2D eigenvalue weighted by Crippen LogP contribution is 2.39. The van der Waals surface area contributed by atoms with Gasteiger partial charge in [-0.05, 0) is 37.3 Å². The Kier molecular flexibility index (Phi) is 6.71. The van der Waals surface area contributed by atoms with E-state index in [1.54, 1.807) is 0 Å². The number of alkyl halides is 6. The second-order valence-electron chi connectivity index (χ2n) is 6.91. The molecule has 2 heterocycles. The number of benzene rings is 1. The fourth-order valence-corrected chi connectivity index (χ4v) is 2.95. The third-order valence-electron chi connectivity index (χ3n) is 4.52. The van der Waals surface area contributed by atoms with Crippen molar-refractivity contribution in [2.75, 3.05) is 5.32 Å². The first-order chi connectivity index (χ1) is 15.9. The standard InChI is InChI=1S/C21H14F6N6O/c1-11(17-18(30-7-6-29-17)16-4-2-12(9-28)10-31-16)32-19(34)33-15-5-3-13(20(22,23)24)8-14(15)21(25,26)27/h2-8,10-11H,1H3,(H2,32,33,34)/t11-/m0/s1. The maximum absolute atomic E-state index is 13.3. The first-order valence-electron chi connectivity index (χ1n) is 9.43. The van der Waals surface area contributed by atoms with Gasteiger partial charge in [0.05, 0.1) is 39.8 Å². The van der Waals surface area contributed by atoms with Crippen LogP contribution < -0.4 is 10.6 Å². The van der Waals surface area contributed by atoms with Gasteiger partial charge in [0, 0.05) is 18.6 Å². The summed E-state index contributed by atoms with van der Waals surface area (Å²) >= 11 is 0. The Labute approximate surface area is 188 Å². The molecule has 1 aromatic carbocycles. The maximum atomic E-state index is 13.3. The molecule has 176 valence electrons. The van der Waals surface area contributed by atoms with Gasteiger partial charge in [0.2, 0.25) is 0 Å². The summed E-state index contributed by atoms with van der Waals surface area (Å²) in [6, 6.07) is 3.82. The predicted molar refractivity (Wildman–Crippen MR) is 107 cm³/mol. The molecule has 0 radical (unpaired) electrons. The molecule has 0 fully saturated rings. The number of carbonyl (C=O) groups is 1. The predicted octanol–water partition coefficient (Wildman–Crippen LogP) is 5.33. The Bertz CT molecular complexity index is 1230. The van der Waals surface area contributed by atoms with E-state index in [4.69, 9.17) is 5.26 Å². The number of carbonyl (C=O) groups excluding carboxylic acids is 1. The molecule has 0 bridgehead atoms. The third-order valence-corrected chi connectivity index (χ3v) is 4.52. The van der Waals surface area contributed by atoms with Crippen LogP contribution in [0.5, 0.6) is 0 Å². The zero-order valence-corrected chi connectivity index (χ0v) is 17.2. The van der Waals surface area contributed by atoms with Crippen molar-refractivity contribution in [3.05, 3.63) is 71.3 Å². The highest BCUT2D eigenvalue weighted by Gasteiger charge is 2.38. The van der Waals surface area contributed by atoms with Gasteiger partial charge in [0.25, 0.3) is 0 Å².